The SMILES string of the molecule is CCCCCCCCCCCCCOP(=O)(OCCC)OCCCCCCCCCCCC. The Kier molecular flexibility index (Phi) is 26.8. The zero-order chi connectivity index (χ0) is 24.3. The molecule has 33 heavy (non-hydrogen) atoms. The molecule has 0 aliphatic carbocycles. The van der Waals surface area contributed by atoms with Crippen molar-refractivity contribution in [3.05, 3.63) is 0 Å². The molecule has 0 aromatic rings. The molecule has 4 nitrogen and oxygen atoms in total. The van der Waals surface area contributed by atoms with E-state index < -0.39 is 7.82 Å². The Morgan fingerprint density at radius 1 is 0.364 bits per heavy atom. The molecule has 1 atom stereocenters. The topological polar surface area (TPSA) is 44.8 Å². The molecule has 0 aliphatic rings. The van der Waals surface area contributed by atoms with E-state index in [0.717, 1.165) is 32.1 Å². The third-order valence-corrected chi connectivity index (χ3v) is 7.69. The molecular formula is C28H59O4P. The number of hydrogen-bond acceptors (Lipinski definition) is 4. The van der Waals surface area contributed by atoms with Crippen LogP contribution in [0.2, 0.25) is 0 Å². The molecule has 0 aliphatic heterocycles. The van der Waals surface area contributed by atoms with Crippen LogP contribution in [0, 0.1) is 0 Å². The fourth-order valence-electron chi connectivity index (χ4n) is 4.02. The molecule has 0 aromatic carbocycles. The smallest absolute Gasteiger partial charge is 0.287 e. The van der Waals surface area contributed by atoms with Gasteiger partial charge in [0.05, 0.1) is 19.8 Å². The highest BCUT2D eigenvalue weighted by Crippen LogP contribution is 2.49. The second-order valence-electron chi connectivity index (χ2n) is 9.66. The van der Waals surface area contributed by atoms with Crippen molar-refractivity contribution in [3.63, 3.8) is 0 Å². The minimum atomic E-state index is -3.39. The van der Waals surface area contributed by atoms with Crippen LogP contribution < -0.4 is 0 Å². The van der Waals surface area contributed by atoms with Gasteiger partial charge in [-0.15, -0.1) is 0 Å². The minimum Gasteiger partial charge on any atom is -0.287 e. The van der Waals surface area contributed by atoms with E-state index in [0.29, 0.717) is 19.8 Å². The maximum absolute atomic E-state index is 12.8. The van der Waals surface area contributed by atoms with Crippen molar-refractivity contribution in [2.75, 3.05) is 19.8 Å². The first-order valence-corrected chi connectivity index (χ1v) is 16.2. The number of rotatable bonds is 28. The molecule has 0 aromatic heterocycles. The summed E-state index contributed by atoms with van der Waals surface area (Å²) in [6.07, 6.45) is 27.7. The highest BCUT2D eigenvalue weighted by Gasteiger charge is 2.25. The lowest BCUT2D eigenvalue weighted by atomic mass is 10.1. The van der Waals surface area contributed by atoms with Gasteiger partial charge in [0.1, 0.15) is 0 Å². The molecule has 0 heterocycles. The molecule has 0 radical (unpaired) electrons. The molecule has 0 saturated carbocycles. The first-order chi connectivity index (χ1) is 16.2. The number of phosphoric ester groups is 1. The maximum Gasteiger partial charge on any atom is 0.474 e. The largest absolute Gasteiger partial charge is 0.474 e. The first kappa shape index (κ1) is 33.1. The van der Waals surface area contributed by atoms with Crippen LogP contribution in [0.3, 0.4) is 0 Å². The van der Waals surface area contributed by atoms with Crippen LogP contribution in [-0.2, 0) is 18.1 Å². The van der Waals surface area contributed by atoms with Crippen molar-refractivity contribution in [2.24, 2.45) is 0 Å². The van der Waals surface area contributed by atoms with Gasteiger partial charge in [-0.2, -0.15) is 0 Å². The van der Waals surface area contributed by atoms with Crippen molar-refractivity contribution >= 4 is 7.82 Å². The number of hydrogen-bond donors (Lipinski definition) is 0. The van der Waals surface area contributed by atoms with Gasteiger partial charge in [0.15, 0.2) is 0 Å². The standard InChI is InChI=1S/C28H59O4P/c1-4-7-9-11-13-15-17-19-21-23-25-28-32-33(29,30-26-6-3)31-27-24-22-20-18-16-14-12-10-8-5-2/h4-28H2,1-3H3. The van der Waals surface area contributed by atoms with Gasteiger partial charge in [-0.3, -0.25) is 13.6 Å². The molecule has 0 fully saturated rings. The average Bonchev–Trinajstić information content (AvgIpc) is 2.82. The zero-order valence-corrected chi connectivity index (χ0v) is 23.7. The summed E-state index contributed by atoms with van der Waals surface area (Å²) in [5.41, 5.74) is 0. The minimum absolute atomic E-state index is 0.424. The van der Waals surface area contributed by atoms with E-state index >= 15 is 0 Å². The number of phosphoric acid groups is 1. The van der Waals surface area contributed by atoms with Gasteiger partial charge in [0.2, 0.25) is 0 Å². The molecule has 5 heteroatoms. The predicted molar refractivity (Wildman–Crippen MR) is 144 cm³/mol. The summed E-state index contributed by atoms with van der Waals surface area (Å²) in [6.45, 7) is 7.90. The summed E-state index contributed by atoms with van der Waals surface area (Å²) >= 11 is 0. The van der Waals surface area contributed by atoms with E-state index in [4.69, 9.17) is 13.6 Å². The molecule has 0 N–H and O–H groups in total. The quantitative estimate of drug-likeness (QED) is 0.0808. The predicted octanol–water partition coefficient (Wildman–Crippen LogP) is 10.8. The van der Waals surface area contributed by atoms with Gasteiger partial charge < -0.3 is 0 Å². The fraction of sp³-hybridized carbons (Fsp3) is 1.00. The third kappa shape index (κ3) is 25.0. The Morgan fingerprint density at radius 3 is 0.939 bits per heavy atom. The van der Waals surface area contributed by atoms with E-state index in [1.54, 1.807) is 0 Å². The zero-order valence-electron chi connectivity index (χ0n) is 22.8. The summed E-state index contributed by atoms with van der Waals surface area (Å²) in [5.74, 6) is 0. The van der Waals surface area contributed by atoms with Crippen LogP contribution in [0.5, 0.6) is 0 Å². The Labute approximate surface area is 207 Å². The molecule has 0 bridgehead atoms. The van der Waals surface area contributed by atoms with Crippen molar-refractivity contribution in [1.29, 1.82) is 0 Å². The average molecular weight is 491 g/mol. The highest BCUT2D eigenvalue weighted by atomic mass is 31.2. The maximum atomic E-state index is 12.8. The van der Waals surface area contributed by atoms with Crippen LogP contribution >= 0.6 is 7.82 Å². The van der Waals surface area contributed by atoms with Crippen LogP contribution in [0.1, 0.15) is 162 Å². The van der Waals surface area contributed by atoms with Crippen LogP contribution in [-0.4, -0.2) is 19.8 Å². The van der Waals surface area contributed by atoms with Crippen molar-refractivity contribution in [3.8, 4) is 0 Å². The van der Waals surface area contributed by atoms with Crippen LogP contribution in [0.4, 0.5) is 0 Å². The molecule has 0 rings (SSSR count). The van der Waals surface area contributed by atoms with Crippen LogP contribution in [0.25, 0.3) is 0 Å². The summed E-state index contributed by atoms with van der Waals surface area (Å²) in [4.78, 5) is 0. The van der Waals surface area contributed by atoms with Crippen molar-refractivity contribution < 1.29 is 18.1 Å². The lowest BCUT2D eigenvalue weighted by molar-refractivity contribution is 0.110. The molecule has 0 spiro atoms. The van der Waals surface area contributed by atoms with Gasteiger partial charge in [0, 0.05) is 0 Å². The van der Waals surface area contributed by atoms with Gasteiger partial charge in [0.25, 0.3) is 0 Å². The van der Waals surface area contributed by atoms with Crippen molar-refractivity contribution in [2.45, 2.75) is 162 Å². The normalized spacial score (nSPS) is 13.4. The lowest BCUT2D eigenvalue weighted by Gasteiger charge is -2.17. The molecule has 0 saturated heterocycles. The summed E-state index contributed by atoms with van der Waals surface area (Å²) < 4.78 is 29.6. The first-order valence-electron chi connectivity index (χ1n) is 14.7. The lowest BCUT2D eigenvalue weighted by Crippen LogP contribution is -2.04. The number of unbranched alkanes of at least 4 members (excludes halogenated alkanes) is 19. The second-order valence-corrected chi connectivity index (χ2v) is 11.3. The van der Waals surface area contributed by atoms with E-state index in [2.05, 4.69) is 13.8 Å². The fourth-order valence-corrected chi connectivity index (χ4v) is 5.36. The molecular weight excluding hydrogens is 431 g/mol. The molecule has 1 unspecified atom stereocenters. The summed E-state index contributed by atoms with van der Waals surface area (Å²) in [5, 5.41) is 0. The summed E-state index contributed by atoms with van der Waals surface area (Å²) in [7, 11) is -3.39. The van der Waals surface area contributed by atoms with Gasteiger partial charge in [-0.25, -0.2) is 4.57 Å². The monoisotopic (exact) mass is 490 g/mol. The molecule has 200 valence electrons. The van der Waals surface area contributed by atoms with E-state index in [-0.39, 0.29) is 0 Å². The Balaban J connectivity index is 3.69. The summed E-state index contributed by atoms with van der Waals surface area (Å²) in [6, 6.07) is 0. The van der Waals surface area contributed by atoms with Gasteiger partial charge in [-0.1, -0.05) is 143 Å². The van der Waals surface area contributed by atoms with E-state index in [1.165, 1.54) is 109 Å². The Hall–Kier alpha value is 0.110. The van der Waals surface area contributed by atoms with Crippen molar-refractivity contribution in [1.82, 2.24) is 0 Å². The second kappa shape index (κ2) is 26.7. The van der Waals surface area contributed by atoms with E-state index in [1.807, 2.05) is 6.92 Å². The van der Waals surface area contributed by atoms with E-state index in [9.17, 15) is 4.57 Å². The van der Waals surface area contributed by atoms with Gasteiger partial charge in [-0.05, 0) is 19.3 Å². The van der Waals surface area contributed by atoms with Gasteiger partial charge >= 0.3 is 7.82 Å². The molecule has 0 amide bonds. The Morgan fingerprint density at radius 2 is 0.636 bits per heavy atom. The Bertz CT molecular complexity index is 417. The third-order valence-electron chi connectivity index (χ3n) is 6.20. The highest BCUT2D eigenvalue weighted by molar-refractivity contribution is 7.48. The van der Waals surface area contributed by atoms with Crippen LogP contribution in [0.15, 0.2) is 0 Å².